The summed E-state index contributed by atoms with van der Waals surface area (Å²) in [6.45, 7) is 4.24. The molecule has 0 aromatic carbocycles. The summed E-state index contributed by atoms with van der Waals surface area (Å²) in [4.78, 5) is 8.76. The van der Waals surface area contributed by atoms with Gasteiger partial charge >= 0.3 is 0 Å². The van der Waals surface area contributed by atoms with Crippen LogP contribution in [0.25, 0.3) is 5.82 Å². The predicted octanol–water partition coefficient (Wildman–Crippen LogP) is 3.18. The summed E-state index contributed by atoms with van der Waals surface area (Å²) in [5.74, 6) is 2.81. The lowest BCUT2D eigenvalue weighted by Gasteiger charge is -2.18. The van der Waals surface area contributed by atoms with Crippen LogP contribution < -0.4 is 5.32 Å². The number of rotatable bonds is 5. The number of nitrogens with one attached hydrogen (secondary N) is 1. The van der Waals surface area contributed by atoms with Crippen molar-refractivity contribution in [3.05, 3.63) is 36.5 Å². The van der Waals surface area contributed by atoms with E-state index in [2.05, 4.69) is 28.3 Å². The van der Waals surface area contributed by atoms with Crippen LogP contribution >= 0.6 is 0 Å². The highest BCUT2D eigenvalue weighted by Crippen LogP contribution is 2.34. The van der Waals surface area contributed by atoms with Gasteiger partial charge in [-0.05, 0) is 38.3 Å². The molecule has 1 aliphatic carbocycles. The second kappa shape index (κ2) is 5.03. The van der Waals surface area contributed by atoms with Crippen LogP contribution in [0.5, 0.6) is 0 Å². The molecule has 2 heterocycles. The van der Waals surface area contributed by atoms with E-state index in [1.54, 1.807) is 6.20 Å². The molecule has 3 rings (SSSR count). The van der Waals surface area contributed by atoms with Crippen LogP contribution in [0, 0.1) is 12.8 Å². The number of aromatic nitrogens is 3. The third kappa shape index (κ3) is 2.78. The average Bonchev–Trinajstić information content (AvgIpc) is 3.10. The maximum absolute atomic E-state index is 4.49. The Bertz CT molecular complexity index is 557. The third-order valence-corrected chi connectivity index (χ3v) is 3.63. The van der Waals surface area contributed by atoms with Crippen molar-refractivity contribution in [2.75, 3.05) is 5.32 Å². The highest BCUT2D eigenvalue weighted by atomic mass is 15.1. The molecule has 19 heavy (non-hydrogen) atoms. The van der Waals surface area contributed by atoms with E-state index >= 15 is 0 Å². The van der Waals surface area contributed by atoms with Crippen molar-refractivity contribution in [1.82, 2.24) is 14.5 Å². The van der Waals surface area contributed by atoms with Gasteiger partial charge in [-0.1, -0.05) is 12.8 Å². The van der Waals surface area contributed by atoms with E-state index in [4.69, 9.17) is 0 Å². The molecule has 1 N–H and O–H groups in total. The van der Waals surface area contributed by atoms with Gasteiger partial charge in [0.25, 0.3) is 0 Å². The van der Waals surface area contributed by atoms with E-state index in [1.165, 1.54) is 19.3 Å². The van der Waals surface area contributed by atoms with Gasteiger partial charge in [0, 0.05) is 24.6 Å². The van der Waals surface area contributed by atoms with Crippen molar-refractivity contribution in [3.8, 4) is 5.82 Å². The fourth-order valence-corrected chi connectivity index (χ4v) is 2.48. The maximum Gasteiger partial charge on any atom is 0.161 e. The highest BCUT2D eigenvalue weighted by molar-refractivity contribution is 5.57. The lowest BCUT2D eigenvalue weighted by atomic mass is 10.1. The largest absolute Gasteiger partial charge is 0.380 e. The van der Waals surface area contributed by atoms with Crippen molar-refractivity contribution in [1.29, 1.82) is 0 Å². The van der Waals surface area contributed by atoms with E-state index in [-0.39, 0.29) is 0 Å². The normalized spacial score (nSPS) is 16.3. The molecule has 1 saturated carbocycles. The number of imidazole rings is 1. The van der Waals surface area contributed by atoms with E-state index < -0.39 is 0 Å². The molecule has 2 aromatic rings. The molecule has 0 amide bonds. The number of aryl methyl sites for hydroxylation is 1. The first-order valence-corrected chi connectivity index (χ1v) is 6.96. The van der Waals surface area contributed by atoms with Crippen molar-refractivity contribution in [2.24, 2.45) is 5.92 Å². The van der Waals surface area contributed by atoms with Crippen LogP contribution in [0.1, 0.15) is 32.0 Å². The van der Waals surface area contributed by atoms with E-state index in [1.807, 2.05) is 30.0 Å². The van der Waals surface area contributed by atoms with Crippen LogP contribution in [0.15, 0.2) is 30.7 Å². The number of hydrogen-bond donors (Lipinski definition) is 1. The van der Waals surface area contributed by atoms with Gasteiger partial charge in [-0.15, -0.1) is 0 Å². The van der Waals surface area contributed by atoms with Gasteiger partial charge < -0.3 is 5.32 Å². The summed E-state index contributed by atoms with van der Waals surface area (Å²) in [6, 6.07) is 4.55. The Morgan fingerprint density at radius 2 is 2.21 bits per heavy atom. The highest BCUT2D eigenvalue weighted by Gasteiger charge is 2.23. The standard InChI is InChI=1S/C15H20N4/c1-11(10-13-5-6-13)18-14-4-3-7-17-15(14)19-9-8-16-12(19)2/h3-4,7-9,11,13,18H,5-6,10H2,1-2H3. The van der Waals surface area contributed by atoms with Crippen LogP contribution in [0.4, 0.5) is 5.69 Å². The smallest absolute Gasteiger partial charge is 0.161 e. The zero-order valence-corrected chi connectivity index (χ0v) is 11.5. The zero-order chi connectivity index (χ0) is 13.2. The molecule has 4 heteroatoms. The van der Waals surface area contributed by atoms with E-state index in [0.29, 0.717) is 6.04 Å². The summed E-state index contributed by atoms with van der Waals surface area (Å²) in [7, 11) is 0. The second-order valence-corrected chi connectivity index (χ2v) is 5.44. The summed E-state index contributed by atoms with van der Waals surface area (Å²) in [5.41, 5.74) is 1.08. The molecule has 0 radical (unpaired) electrons. The van der Waals surface area contributed by atoms with Gasteiger partial charge in [-0.25, -0.2) is 9.97 Å². The first-order chi connectivity index (χ1) is 9.24. The molecular weight excluding hydrogens is 236 g/mol. The first kappa shape index (κ1) is 12.2. The lowest BCUT2D eigenvalue weighted by Crippen LogP contribution is -2.17. The average molecular weight is 256 g/mol. The SMILES string of the molecule is Cc1nccn1-c1ncccc1NC(C)CC1CC1. The number of anilines is 1. The second-order valence-electron chi connectivity index (χ2n) is 5.44. The molecular formula is C15H20N4. The predicted molar refractivity (Wildman–Crippen MR) is 76.5 cm³/mol. The molecule has 1 aliphatic rings. The van der Waals surface area contributed by atoms with Crippen LogP contribution in [-0.4, -0.2) is 20.6 Å². The molecule has 2 aromatic heterocycles. The van der Waals surface area contributed by atoms with Crippen LogP contribution in [0.2, 0.25) is 0 Å². The van der Waals surface area contributed by atoms with Crippen molar-refractivity contribution in [2.45, 2.75) is 39.2 Å². The Hall–Kier alpha value is -1.84. The van der Waals surface area contributed by atoms with Crippen molar-refractivity contribution in [3.63, 3.8) is 0 Å². The molecule has 1 fully saturated rings. The summed E-state index contributed by atoms with van der Waals surface area (Å²) < 4.78 is 2.02. The van der Waals surface area contributed by atoms with Crippen molar-refractivity contribution < 1.29 is 0 Å². The minimum atomic E-state index is 0.485. The number of pyridine rings is 1. The zero-order valence-electron chi connectivity index (χ0n) is 11.5. The lowest BCUT2D eigenvalue weighted by molar-refractivity contribution is 0.641. The van der Waals surface area contributed by atoms with Gasteiger partial charge in [-0.3, -0.25) is 4.57 Å². The molecule has 100 valence electrons. The molecule has 0 saturated heterocycles. The quantitative estimate of drug-likeness (QED) is 0.893. The fraction of sp³-hybridized carbons (Fsp3) is 0.467. The molecule has 0 spiro atoms. The Kier molecular flexibility index (Phi) is 3.23. The van der Waals surface area contributed by atoms with Crippen LogP contribution in [0.3, 0.4) is 0 Å². The summed E-state index contributed by atoms with van der Waals surface area (Å²) >= 11 is 0. The van der Waals surface area contributed by atoms with Gasteiger partial charge in [0.05, 0.1) is 5.69 Å². The Morgan fingerprint density at radius 1 is 1.37 bits per heavy atom. The van der Waals surface area contributed by atoms with E-state index in [9.17, 15) is 0 Å². The fourth-order valence-electron chi connectivity index (χ4n) is 2.48. The molecule has 0 aliphatic heterocycles. The Labute approximate surface area is 113 Å². The van der Waals surface area contributed by atoms with Crippen molar-refractivity contribution >= 4 is 5.69 Å². The minimum absolute atomic E-state index is 0.485. The minimum Gasteiger partial charge on any atom is -0.380 e. The van der Waals surface area contributed by atoms with Gasteiger partial charge in [0.15, 0.2) is 5.82 Å². The van der Waals surface area contributed by atoms with Gasteiger partial charge in [0.2, 0.25) is 0 Å². The molecule has 0 bridgehead atoms. The van der Waals surface area contributed by atoms with Gasteiger partial charge in [-0.2, -0.15) is 0 Å². The number of nitrogens with zero attached hydrogens (tertiary/aromatic N) is 3. The molecule has 4 nitrogen and oxygen atoms in total. The third-order valence-electron chi connectivity index (χ3n) is 3.63. The number of hydrogen-bond acceptors (Lipinski definition) is 3. The van der Waals surface area contributed by atoms with Gasteiger partial charge in [0.1, 0.15) is 5.82 Å². The van der Waals surface area contributed by atoms with E-state index in [0.717, 1.165) is 23.2 Å². The summed E-state index contributed by atoms with van der Waals surface area (Å²) in [5, 5.41) is 3.59. The molecule has 1 atom stereocenters. The maximum atomic E-state index is 4.49. The Balaban J connectivity index is 1.82. The first-order valence-electron chi connectivity index (χ1n) is 6.96. The topological polar surface area (TPSA) is 42.7 Å². The Morgan fingerprint density at radius 3 is 2.89 bits per heavy atom. The monoisotopic (exact) mass is 256 g/mol. The molecule has 1 unspecified atom stereocenters. The summed E-state index contributed by atoms with van der Waals surface area (Å²) in [6.07, 6.45) is 9.62. The van der Waals surface area contributed by atoms with Crippen LogP contribution in [-0.2, 0) is 0 Å².